The van der Waals surface area contributed by atoms with Gasteiger partial charge in [0.25, 0.3) is 9.05 Å². The van der Waals surface area contributed by atoms with Crippen molar-refractivity contribution in [2.24, 2.45) is 0 Å². The molecule has 0 unspecified atom stereocenters. The molecule has 0 saturated carbocycles. The van der Waals surface area contributed by atoms with Crippen molar-refractivity contribution in [3.63, 3.8) is 0 Å². The lowest BCUT2D eigenvalue weighted by molar-refractivity contribution is 0.270. The molecule has 1 rings (SSSR count). The van der Waals surface area contributed by atoms with Gasteiger partial charge in [-0.25, -0.2) is 8.42 Å². The molecule has 0 aliphatic heterocycles. The zero-order valence-corrected chi connectivity index (χ0v) is 9.84. The second-order valence-corrected chi connectivity index (χ2v) is 5.37. The number of hydrogen-bond donors (Lipinski definition) is 1. The van der Waals surface area contributed by atoms with Gasteiger partial charge in [0.1, 0.15) is 11.8 Å². The van der Waals surface area contributed by atoms with Gasteiger partial charge in [-0.15, -0.1) is 0 Å². The van der Waals surface area contributed by atoms with E-state index in [0.29, 0.717) is 0 Å². The van der Waals surface area contributed by atoms with Crippen LogP contribution in [0, 0.1) is 11.3 Å². The van der Waals surface area contributed by atoms with Crippen LogP contribution in [0.1, 0.15) is 11.1 Å². The van der Waals surface area contributed by atoms with E-state index in [1.807, 2.05) is 6.07 Å². The number of methoxy groups -OCH3 is 1. The maximum absolute atomic E-state index is 11.2. The predicted octanol–water partition coefficient (Wildman–Crippen LogP) is 0.987. The number of nitrogens with zero attached hydrogens (tertiary/aromatic N) is 1. The minimum atomic E-state index is -3.98. The average Bonchev–Trinajstić information content (AvgIpc) is 2.25. The van der Waals surface area contributed by atoms with Crippen molar-refractivity contribution in [1.29, 1.82) is 5.26 Å². The zero-order chi connectivity index (χ0) is 12.3. The van der Waals surface area contributed by atoms with Crippen molar-refractivity contribution in [3.05, 3.63) is 23.3 Å². The third-order valence-electron chi connectivity index (χ3n) is 1.96. The Labute approximate surface area is 97.3 Å². The van der Waals surface area contributed by atoms with Crippen molar-refractivity contribution in [1.82, 2.24) is 0 Å². The number of rotatable bonds is 3. The molecule has 0 aromatic heterocycles. The Morgan fingerprint density at radius 1 is 1.56 bits per heavy atom. The third kappa shape index (κ3) is 2.27. The number of aliphatic hydroxyl groups excluding tert-OH is 1. The van der Waals surface area contributed by atoms with Crippen LogP contribution in [-0.4, -0.2) is 20.6 Å². The standard InChI is InChI=1S/C9H8ClNO4S/c1-15-9-6(4-11)2-3-8(7(9)5-12)16(10,13)14/h2-3,12H,5H2,1H3. The average molecular weight is 262 g/mol. The van der Waals surface area contributed by atoms with Crippen LogP contribution in [0.5, 0.6) is 5.75 Å². The van der Waals surface area contributed by atoms with Gasteiger partial charge in [0.2, 0.25) is 0 Å². The molecule has 0 fully saturated rings. The van der Waals surface area contributed by atoms with E-state index in [9.17, 15) is 8.42 Å². The molecule has 0 aliphatic rings. The van der Waals surface area contributed by atoms with Crippen molar-refractivity contribution >= 4 is 19.7 Å². The van der Waals surface area contributed by atoms with E-state index in [1.165, 1.54) is 13.2 Å². The van der Waals surface area contributed by atoms with Gasteiger partial charge in [-0.3, -0.25) is 0 Å². The van der Waals surface area contributed by atoms with Crippen LogP contribution < -0.4 is 4.74 Å². The van der Waals surface area contributed by atoms with Gasteiger partial charge in [-0.2, -0.15) is 5.26 Å². The lowest BCUT2D eigenvalue weighted by Gasteiger charge is -2.11. The second-order valence-electron chi connectivity index (χ2n) is 2.83. The minimum Gasteiger partial charge on any atom is -0.495 e. The highest BCUT2D eigenvalue weighted by atomic mass is 35.7. The summed E-state index contributed by atoms with van der Waals surface area (Å²) in [7, 11) is 2.49. The summed E-state index contributed by atoms with van der Waals surface area (Å²) in [5.41, 5.74) is 0.118. The van der Waals surface area contributed by atoms with Gasteiger partial charge in [0, 0.05) is 16.2 Å². The van der Waals surface area contributed by atoms with Gasteiger partial charge >= 0.3 is 0 Å². The molecule has 0 saturated heterocycles. The Morgan fingerprint density at radius 3 is 2.56 bits per heavy atom. The summed E-state index contributed by atoms with van der Waals surface area (Å²) in [5.74, 6) is 0.0201. The number of hydrogen-bond acceptors (Lipinski definition) is 5. The quantitative estimate of drug-likeness (QED) is 0.820. The number of halogens is 1. The summed E-state index contributed by atoms with van der Waals surface area (Å²) in [4.78, 5) is -0.257. The Bertz CT molecular complexity index is 547. The maximum atomic E-state index is 11.2. The Hall–Kier alpha value is -1.29. The van der Waals surface area contributed by atoms with E-state index >= 15 is 0 Å². The lowest BCUT2D eigenvalue weighted by atomic mass is 10.1. The molecule has 0 radical (unpaired) electrons. The highest BCUT2D eigenvalue weighted by Crippen LogP contribution is 2.31. The van der Waals surface area contributed by atoms with Crippen molar-refractivity contribution in [3.8, 4) is 11.8 Å². The number of ether oxygens (including phenoxy) is 1. The Kier molecular flexibility index (Phi) is 3.75. The monoisotopic (exact) mass is 261 g/mol. The molecule has 86 valence electrons. The van der Waals surface area contributed by atoms with Crippen molar-refractivity contribution in [2.45, 2.75) is 11.5 Å². The van der Waals surface area contributed by atoms with Crippen molar-refractivity contribution in [2.75, 3.05) is 7.11 Å². The van der Waals surface area contributed by atoms with Crippen LogP contribution in [0.15, 0.2) is 17.0 Å². The highest BCUT2D eigenvalue weighted by Gasteiger charge is 2.21. The molecule has 1 aromatic rings. The van der Waals surface area contributed by atoms with Gasteiger partial charge in [0.15, 0.2) is 0 Å². The van der Waals surface area contributed by atoms with Gasteiger partial charge in [-0.05, 0) is 12.1 Å². The topological polar surface area (TPSA) is 87.4 Å². The van der Waals surface area contributed by atoms with E-state index < -0.39 is 15.7 Å². The summed E-state index contributed by atoms with van der Waals surface area (Å²) < 4.78 is 27.3. The van der Waals surface area contributed by atoms with Crippen molar-refractivity contribution < 1.29 is 18.3 Å². The minimum absolute atomic E-state index is 0.0171. The molecule has 7 heteroatoms. The largest absolute Gasteiger partial charge is 0.495 e. The first kappa shape index (κ1) is 12.8. The van der Waals surface area contributed by atoms with Gasteiger partial charge in [-0.1, -0.05) is 0 Å². The molecule has 1 aromatic carbocycles. The second kappa shape index (κ2) is 4.70. The first-order valence-electron chi connectivity index (χ1n) is 4.11. The molecule has 1 N–H and O–H groups in total. The molecule has 0 atom stereocenters. The number of nitriles is 1. The Balaban J connectivity index is 3.64. The fourth-order valence-electron chi connectivity index (χ4n) is 1.31. The van der Waals surface area contributed by atoms with Crippen LogP contribution in [0.4, 0.5) is 0 Å². The first-order chi connectivity index (χ1) is 7.45. The van der Waals surface area contributed by atoms with Gasteiger partial charge in [0.05, 0.1) is 24.2 Å². The summed E-state index contributed by atoms with van der Waals surface area (Å²) in [6.45, 7) is -0.583. The highest BCUT2D eigenvalue weighted by molar-refractivity contribution is 8.13. The fourth-order valence-corrected chi connectivity index (χ4v) is 2.42. The van der Waals surface area contributed by atoms with E-state index in [2.05, 4.69) is 0 Å². The fraction of sp³-hybridized carbons (Fsp3) is 0.222. The zero-order valence-electron chi connectivity index (χ0n) is 8.27. The maximum Gasteiger partial charge on any atom is 0.261 e. The summed E-state index contributed by atoms with van der Waals surface area (Å²) in [6, 6.07) is 4.26. The molecule has 0 aliphatic carbocycles. The molecule has 0 bridgehead atoms. The molecule has 0 heterocycles. The van der Waals surface area contributed by atoms with E-state index in [-0.39, 0.29) is 21.8 Å². The summed E-state index contributed by atoms with van der Waals surface area (Å²) in [6.07, 6.45) is 0. The van der Waals surface area contributed by atoms with E-state index in [4.69, 9.17) is 25.8 Å². The normalized spacial score (nSPS) is 10.9. The van der Waals surface area contributed by atoms with E-state index in [1.54, 1.807) is 0 Å². The SMILES string of the molecule is COc1c(C#N)ccc(S(=O)(=O)Cl)c1CO. The first-order valence-corrected chi connectivity index (χ1v) is 6.42. The number of aliphatic hydroxyl groups is 1. The van der Waals surface area contributed by atoms with Gasteiger partial charge < -0.3 is 9.84 Å². The molecule has 5 nitrogen and oxygen atoms in total. The van der Waals surface area contributed by atoms with E-state index in [0.717, 1.165) is 6.07 Å². The Morgan fingerprint density at radius 2 is 2.19 bits per heavy atom. The smallest absolute Gasteiger partial charge is 0.261 e. The molecule has 0 amide bonds. The van der Waals surface area contributed by atoms with Crippen LogP contribution in [0.2, 0.25) is 0 Å². The molecular weight excluding hydrogens is 254 g/mol. The number of benzene rings is 1. The van der Waals surface area contributed by atoms with Crippen LogP contribution in [0.25, 0.3) is 0 Å². The lowest BCUT2D eigenvalue weighted by Crippen LogP contribution is -2.03. The molecular formula is C9H8ClNO4S. The van der Waals surface area contributed by atoms with Crippen LogP contribution >= 0.6 is 10.7 Å². The summed E-state index contributed by atoms with van der Waals surface area (Å²) in [5, 5.41) is 17.9. The van der Waals surface area contributed by atoms with Crippen LogP contribution in [0.3, 0.4) is 0 Å². The predicted molar refractivity (Wildman–Crippen MR) is 56.7 cm³/mol. The molecule has 16 heavy (non-hydrogen) atoms. The molecule has 0 spiro atoms. The summed E-state index contributed by atoms with van der Waals surface area (Å²) >= 11 is 0. The van der Waals surface area contributed by atoms with Crippen LogP contribution in [-0.2, 0) is 15.7 Å². The third-order valence-corrected chi connectivity index (χ3v) is 3.37.